The Morgan fingerprint density at radius 3 is 2.83 bits per heavy atom. The van der Waals surface area contributed by atoms with E-state index in [-0.39, 0.29) is 5.91 Å². The topological polar surface area (TPSA) is 80.7 Å². The average molecular weight is 333 g/mol. The molecular formula is C17H11N5OS. The van der Waals surface area contributed by atoms with Gasteiger partial charge in [0, 0.05) is 23.2 Å². The molecule has 1 aromatic carbocycles. The van der Waals surface area contributed by atoms with Gasteiger partial charge >= 0.3 is 0 Å². The molecule has 6 nitrogen and oxygen atoms in total. The molecule has 0 radical (unpaired) electrons. The van der Waals surface area contributed by atoms with Crippen molar-refractivity contribution in [2.24, 2.45) is 0 Å². The Morgan fingerprint density at radius 1 is 1.04 bits per heavy atom. The van der Waals surface area contributed by atoms with Crippen molar-refractivity contribution in [2.45, 2.75) is 0 Å². The monoisotopic (exact) mass is 333 g/mol. The van der Waals surface area contributed by atoms with Crippen molar-refractivity contribution in [3.63, 3.8) is 0 Å². The van der Waals surface area contributed by atoms with E-state index in [0.717, 1.165) is 10.9 Å². The van der Waals surface area contributed by atoms with Gasteiger partial charge in [0.05, 0.1) is 11.7 Å². The molecule has 0 spiro atoms. The van der Waals surface area contributed by atoms with Gasteiger partial charge in [0.15, 0.2) is 0 Å². The first-order chi connectivity index (χ1) is 11.8. The highest BCUT2D eigenvalue weighted by molar-refractivity contribution is 7.13. The van der Waals surface area contributed by atoms with Crippen LogP contribution in [0.15, 0.2) is 60.4 Å². The molecule has 0 atom stereocenters. The number of amides is 1. The van der Waals surface area contributed by atoms with Crippen LogP contribution in [0.25, 0.3) is 21.6 Å². The highest BCUT2D eigenvalue weighted by Crippen LogP contribution is 2.21. The van der Waals surface area contributed by atoms with Gasteiger partial charge in [-0.2, -0.15) is 0 Å². The lowest BCUT2D eigenvalue weighted by Crippen LogP contribution is -2.13. The molecule has 0 saturated heterocycles. The van der Waals surface area contributed by atoms with E-state index < -0.39 is 0 Å². The number of rotatable bonds is 3. The molecule has 0 aliphatic heterocycles. The first-order valence-electron chi connectivity index (χ1n) is 7.19. The highest BCUT2D eigenvalue weighted by Gasteiger charge is 2.13. The Labute approximate surface area is 141 Å². The Morgan fingerprint density at radius 2 is 1.96 bits per heavy atom. The van der Waals surface area contributed by atoms with Gasteiger partial charge in [-0.05, 0) is 18.2 Å². The zero-order chi connectivity index (χ0) is 16.4. The van der Waals surface area contributed by atoms with Gasteiger partial charge in [-0.3, -0.25) is 14.8 Å². The number of thiazole rings is 1. The lowest BCUT2D eigenvalue weighted by atomic mass is 10.2. The second kappa shape index (κ2) is 6.13. The summed E-state index contributed by atoms with van der Waals surface area (Å²) < 4.78 is 0. The molecule has 24 heavy (non-hydrogen) atoms. The molecule has 0 aliphatic carbocycles. The number of para-hydroxylation sites is 1. The van der Waals surface area contributed by atoms with Crippen LogP contribution >= 0.6 is 11.3 Å². The number of aromatic nitrogens is 4. The molecule has 0 saturated carbocycles. The summed E-state index contributed by atoms with van der Waals surface area (Å²) in [6.07, 6.45) is 4.80. The van der Waals surface area contributed by atoms with Crippen molar-refractivity contribution in [3.8, 4) is 10.7 Å². The minimum Gasteiger partial charge on any atom is -0.305 e. The number of anilines is 1. The van der Waals surface area contributed by atoms with Crippen LogP contribution < -0.4 is 5.32 Å². The molecule has 1 N–H and O–H groups in total. The van der Waals surface area contributed by atoms with Crippen molar-refractivity contribution < 1.29 is 4.79 Å². The molecule has 4 aromatic rings. The Bertz CT molecular complexity index is 1020. The van der Waals surface area contributed by atoms with Gasteiger partial charge < -0.3 is 5.32 Å². The number of carbonyl (C=O) groups is 1. The maximum atomic E-state index is 12.4. The molecule has 3 aromatic heterocycles. The van der Waals surface area contributed by atoms with Crippen LogP contribution in [0.5, 0.6) is 0 Å². The Kier molecular flexibility index (Phi) is 3.68. The molecule has 1 amide bonds. The van der Waals surface area contributed by atoms with Crippen molar-refractivity contribution in [3.05, 3.63) is 66.1 Å². The van der Waals surface area contributed by atoms with Crippen molar-refractivity contribution in [1.82, 2.24) is 19.9 Å². The van der Waals surface area contributed by atoms with E-state index in [1.807, 2.05) is 30.3 Å². The summed E-state index contributed by atoms with van der Waals surface area (Å²) in [6, 6.07) is 11.4. The van der Waals surface area contributed by atoms with E-state index >= 15 is 0 Å². The number of benzene rings is 1. The van der Waals surface area contributed by atoms with Crippen LogP contribution in [0.2, 0.25) is 0 Å². The quantitative estimate of drug-likeness (QED) is 0.621. The number of hydrogen-bond acceptors (Lipinski definition) is 6. The van der Waals surface area contributed by atoms with Crippen LogP contribution in [0.3, 0.4) is 0 Å². The summed E-state index contributed by atoms with van der Waals surface area (Å²) in [6.45, 7) is 0. The number of pyridine rings is 1. The van der Waals surface area contributed by atoms with Crippen LogP contribution in [0.4, 0.5) is 5.82 Å². The Hall–Kier alpha value is -3.19. The van der Waals surface area contributed by atoms with E-state index in [9.17, 15) is 4.79 Å². The van der Waals surface area contributed by atoms with Crippen LogP contribution in [-0.2, 0) is 0 Å². The molecule has 116 valence electrons. The number of carbonyl (C=O) groups excluding carboxylic acids is 1. The van der Waals surface area contributed by atoms with E-state index in [1.54, 1.807) is 30.0 Å². The molecule has 4 rings (SSSR count). The van der Waals surface area contributed by atoms with Crippen LogP contribution in [0, 0.1) is 0 Å². The number of nitrogens with zero attached hydrogens (tertiary/aromatic N) is 4. The predicted molar refractivity (Wildman–Crippen MR) is 92.8 cm³/mol. The zero-order valence-electron chi connectivity index (χ0n) is 12.4. The summed E-state index contributed by atoms with van der Waals surface area (Å²) in [5.41, 5.74) is 1.80. The van der Waals surface area contributed by atoms with E-state index in [2.05, 4.69) is 25.3 Å². The van der Waals surface area contributed by atoms with Gasteiger partial charge in [0.25, 0.3) is 5.91 Å². The van der Waals surface area contributed by atoms with Gasteiger partial charge in [-0.1, -0.05) is 18.2 Å². The highest BCUT2D eigenvalue weighted by atomic mass is 32.1. The normalized spacial score (nSPS) is 10.7. The van der Waals surface area contributed by atoms with Crippen molar-refractivity contribution >= 4 is 34.0 Å². The fourth-order valence-electron chi connectivity index (χ4n) is 2.22. The molecule has 0 unspecified atom stereocenters. The maximum absolute atomic E-state index is 12.4. The standard InChI is InChI=1S/C17H11N5OS/c23-16(14-10-24-17(21-14)13-9-18-7-8-19-13)22-15-6-5-11-3-1-2-4-12(11)20-15/h1-10H,(H,20,22,23). The first kappa shape index (κ1) is 14.4. The van der Waals surface area contributed by atoms with Crippen molar-refractivity contribution in [2.75, 3.05) is 5.32 Å². The summed E-state index contributed by atoms with van der Waals surface area (Å²) in [4.78, 5) is 29.3. The van der Waals surface area contributed by atoms with Gasteiger partial charge in [0.1, 0.15) is 22.2 Å². The molecule has 3 heterocycles. The predicted octanol–water partition coefficient (Wildman–Crippen LogP) is 3.40. The second-order valence-electron chi connectivity index (χ2n) is 4.97. The van der Waals surface area contributed by atoms with Crippen LogP contribution in [0.1, 0.15) is 10.5 Å². The summed E-state index contributed by atoms with van der Waals surface area (Å²) >= 11 is 1.35. The molecule has 0 fully saturated rings. The average Bonchev–Trinajstić information content (AvgIpc) is 3.13. The Balaban J connectivity index is 1.56. The fraction of sp³-hybridized carbons (Fsp3) is 0. The zero-order valence-corrected chi connectivity index (χ0v) is 13.2. The lowest BCUT2D eigenvalue weighted by Gasteiger charge is -2.04. The third-order valence-corrected chi connectivity index (χ3v) is 4.22. The molecule has 0 aliphatic rings. The summed E-state index contributed by atoms with van der Waals surface area (Å²) in [7, 11) is 0. The van der Waals surface area contributed by atoms with E-state index in [4.69, 9.17) is 0 Å². The summed E-state index contributed by atoms with van der Waals surface area (Å²) in [5, 5.41) is 6.14. The van der Waals surface area contributed by atoms with Gasteiger partial charge in [-0.25, -0.2) is 9.97 Å². The van der Waals surface area contributed by atoms with Crippen LogP contribution in [-0.4, -0.2) is 25.8 Å². The van der Waals surface area contributed by atoms with E-state index in [1.165, 1.54) is 11.3 Å². The van der Waals surface area contributed by atoms with Gasteiger partial charge in [-0.15, -0.1) is 11.3 Å². The third kappa shape index (κ3) is 2.84. The number of nitrogens with one attached hydrogen (secondary N) is 1. The summed E-state index contributed by atoms with van der Waals surface area (Å²) in [5.74, 6) is 0.192. The van der Waals surface area contributed by atoms with E-state index in [0.29, 0.717) is 22.2 Å². The largest absolute Gasteiger partial charge is 0.305 e. The minimum absolute atomic E-state index is 0.302. The third-order valence-electron chi connectivity index (χ3n) is 3.36. The SMILES string of the molecule is O=C(Nc1ccc2ccccc2n1)c1csc(-c2cnccn2)n1. The van der Waals surface area contributed by atoms with Gasteiger partial charge in [0.2, 0.25) is 0 Å². The molecule has 0 bridgehead atoms. The first-order valence-corrected chi connectivity index (χ1v) is 8.06. The second-order valence-corrected chi connectivity index (χ2v) is 5.83. The van der Waals surface area contributed by atoms with Crippen molar-refractivity contribution in [1.29, 1.82) is 0 Å². The fourth-order valence-corrected chi connectivity index (χ4v) is 2.98. The number of hydrogen-bond donors (Lipinski definition) is 1. The lowest BCUT2D eigenvalue weighted by molar-refractivity contribution is 0.102. The maximum Gasteiger partial charge on any atom is 0.276 e. The smallest absolute Gasteiger partial charge is 0.276 e. The minimum atomic E-state index is -0.302. The molecule has 7 heteroatoms. The number of fused-ring (bicyclic) bond motifs is 1. The molecular weight excluding hydrogens is 322 g/mol.